The van der Waals surface area contributed by atoms with E-state index < -0.39 is 0 Å². The normalized spacial score (nSPS) is 13.3. The van der Waals surface area contributed by atoms with Crippen molar-refractivity contribution in [2.75, 3.05) is 19.0 Å². The molecule has 3 nitrogen and oxygen atoms in total. The van der Waals surface area contributed by atoms with E-state index in [0.717, 1.165) is 4.21 Å². The Hall–Kier alpha value is -1.46. The van der Waals surface area contributed by atoms with Gasteiger partial charge in [-0.25, -0.2) is 0 Å². The van der Waals surface area contributed by atoms with E-state index in [2.05, 4.69) is 0 Å². The zero-order valence-corrected chi connectivity index (χ0v) is 11.8. The molecule has 0 aliphatic carbocycles. The Morgan fingerprint density at radius 2 is 2.05 bits per heavy atom. The summed E-state index contributed by atoms with van der Waals surface area (Å²) in [4.78, 5) is 12.1. The van der Waals surface area contributed by atoms with E-state index in [1.165, 1.54) is 0 Å². The standard InChI is InChI=1S/C14H12O3S2/c15-11(9-19-14-2-1-7-18-14)10-3-4-12-13(8-10)17-6-5-16-12/h1-4,7-8H,5-6,9H2. The molecule has 5 heteroatoms. The number of ketones is 1. The predicted octanol–water partition coefficient (Wildman–Crippen LogP) is 3.49. The summed E-state index contributed by atoms with van der Waals surface area (Å²) in [5.74, 6) is 1.93. The van der Waals surface area contributed by atoms with E-state index >= 15 is 0 Å². The number of thiophene rings is 1. The topological polar surface area (TPSA) is 35.5 Å². The molecule has 0 saturated carbocycles. The predicted molar refractivity (Wildman–Crippen MR) is 76.8 cm³/mol. The fourth-order valence-corrected chi connectivity index (χ4v) is 3.46. The Labute approximate surface area is 119 Å². The van der Waals surface area contributed by atoms with Crippen LogP contribution >= 0.6 is 23.1 Å². The van der Waals surface area contributed by atoms with Gasteiger partial charge in [0.1, 0.15) is 13.2 Å². The van der Waals surface area contributed by atoms with Gasteiger partial charge in [-0.15, -0.1) is 23.1 Å². The van der Waals surface area contributed by atoms with Crippen molar-refractivity contribution in [3.05, 3.63) is 41.3 Å². The molecule has 1 aromatic carbocycles. The van der Waals surface area contributed by atoms with Crippen molar-refractivity contribution in [2.45, 2.75) is 4.21 Å². The molecule has 3 rings (SSSR count). The first kappa shape index (κ1) is 12.6. The fourth-order valence-electron chi connectivity index (χ4n) is 1.78. The lowest BCUT2D eigenvalue weighted by Gasteiger charge is -2.18. The van der Waals surface area contributed by atoms with E-state index in [4.69, 9.17) is 9.47 Å². The Bertz CT molecular complexity index is 578. The number of carbonyl (C=O) groups is 1. The third-order valence-corrected chi connectivity index (χ3v) is 4.84. The van der Waals surface area contributed by atoms with E-state index in [1.807, 2.05) is 17.5 Å². The molecular formula is C14H12O3S2. The smallest absolute Gasteiger partial charge is 0.173 e. The number of Topliss-reactive ketones (excluding diaryl/α,β-unsaturated/α-hetero) is 1. The van der Waals surface area contributed by atoms with Crippen molar-refractivity contribution < 1.29 is 14.3 Å². The number of hydrogen-bond acceptors (Lipinski definition) is 5. The number of carbonyl (C=O) groups excluding carboxylic acids is 1. The van der Waals surface area contributed by atoms with Crippen LogP contribution in [0.3, 0.4) is 0 Å². The fraction of sp³-hybridized carbons (Fsp3) is 0.214. The van der Waals surface area contributed by atoms with Crippen LogP contribution in [0.2, 0.25) is 0 Å². The van der Waals surface area contributed by atoms with Crippen molar-refractivity contribution in [1.82, 2.24) is 0 Å². The highest BCUT2D eigenvalue weighted by Crippen LogP contribution is 2.31. The summed E-state index contributed by atoms with van der Waals surface area (Å²) < 4.78 is 12.1. The monoisotopic (exact) mass is 292 g/mol. The molecule has 1 aliphatic rings. The molecule has 0 atom stereocenters. The molecule has 2 heterocycles. The minimum atomic E-state index is 0.107. The summed E-state index contributed by atoms with van der Waals surface area (Å²) in [5, 5.41) is 2.01. The lowest BCUT2D eigenvalue weighted by Crippen LogP contribution is -2.16. The third kappa shape index (κ3) is 2.93. The minimum Gasteiger partial charge on any atom is -0.486 e. The molecule has 98 valence electrons. The zero-order chi connectivity index (χ0) is 13.1. The lowest BCUT2D eigenvalue weighted by atomic mass is 10.1. The van der Waals surface area contributed by atoms with Gasteiger partial charge >= 0.3 is 0 Å². The van der Waals surface area contributed by atoms with Crippen LogP contribution in [0.25, 0.3) is 0 Å². The summed E-state index contributed by atoms with van der Waals surface area (Å²) in [6.45, 7) is 1.10. The zero-order valence-electron chi connectivity index (χ0n) is 10.1. The molecule has 1 aliphatic heterocycles. The van der Waals surface area contributed by atoms with Crippen LogP contribution < -0.4 is 9.47 Å². The summed E-state index contributed by atoms with van der Waals surface area (Å²) in [6, 6.07) is 9.38. The molecule has 0 N–H and O–H groups in total. The highest BCUT2D eigenvalue weighted by Gasteiger charge is 2.15. The molecular weight excluding hydrogens is 280 g/mol. The Balaban J connectivity index is 1.69. The second kappa shape index (κ2) is 5.67. The van der Waals surface area contributed by atoms with Crippen LogP contribution in [0.5, 0.6) is 11.5 Å². The van der Waals surface area contributed by atoms with Gasteiger partial charge in [-0.3, -0.25) is 4.79 Å². The number of rotatable bonds is 4. The van der Waals surface area contributed by atoms with Crippen molar-refractivity contribution in [3.63, 3.8) is 0 Å². The van der Waals surface area contributed by atoms with Crippen LogP contribution in [0.15, 0.2) is 39.9 Å². The maximum atomic E-state index is 12.1. The van der Waals surface area contributed by atoms with Crippen molar-refractivity contribution in [2.24, 2.45) is 0 Å². The summed E-state index contributed by atoms with van der Waals surface area (Å²) in [7, 11) is 0. The first-order valence-corrected chi connectivity index (χ1v) is 7.78. The second-order valence-electron chi connectivity index (χ2n) is 4.00. The van der Waals surface area contributed by atoms with E-state index in [1.54, 1.807) is 41.3 Å². The average Bonchev–Trinajstić information content (AvgIpc) is 2.97. The van der Waals surface area contributed by atoms with Crippen LogP contribution in [0, 0.1) is 0 Å². The Morgan fingerprint density at radius 3 is 2.84 bits per heavy atom. The van der Waals surface area contributed by atoms with Crippen LogP contribution in [-0.4, -0.2) is 24.7 Å². The maximum Gasteiger partial charge on any atom is 0.173 e. The third-order valence-electron chi connectivity index (χ3n) is 2.70. The molecule has 0 bridgehead atoms. The van der Waals surface area contributed by atoms with Crippen molar-refractivity contribution in [3.8, 4) is 11.5 Å². The summed E-state index contributed by atoms with van der Waals surface area (Å²) in [6.07, 6.45) is 0. The highest BCUT2D eigenvalue weighted by molar-refractivity contribution is 8.01. The molecule has 1 aromatic heterocycles. The average molecular weight is 292 g/mol. The summed E-state index contributed by atoms with van der Waals surface area (Å²) in [5.41, 5.74) is 0.674. The van der Waals surface area contributed by atoms with E-state index in [-0.39, 0.29) is 5.78 Å². The molecule has 0 saturated heterocycles. The number of hydrogen-bond donors (Lipinski definition) is 0. The highest BCUT2D eigenvalue weighted by atomic mass is 32.2. The van der Waals surface area contributed by atoms with Crippen molar-refractivity contribution >= 4 is 28.9 Å². The van der Waals surface area contributed by atoms with Gasteiger partial charge in [-0.05, 0) is 29.6 Å². The lowest BCUT2D eigenvalue weighted by molar-refractivity contribution is 0.102. The van der Waals surface area contributed by atoms with Crippen molar-refractivity contribution in [1.29, 1.82) is 0 Å². The van der Waals surface area contributed by atoms with Crippen LogP contribution in [0.4, 0.5) is 0 Å². The first-order valence-electron chi connectivity index (χ1n) is 5.92. The Kier molecular flexibility index (Phi) is 3.75. The number of thioether (sulfide) groups is 1. The van der Waals surface area contributed by atoms with E-state index in [9.17, 15) is 4.79 Å². The largest absolute Gasteiger partial charge is 0.486 e. The number of fused-ring (bicyclic) bond motifs is 1. The van der Waals surface area contributed by atoms with Gasteiger partial charge in [-0.2, -0.15) is 0 Å². The number of benzene rings is 1. The van der Waals surface area contributed by atoms with Gasteiger partial charge in [0.25, 0.3) is 0 Å². The molecule has 0 radical (unpaired) electrons. The minimum absolute atomic E-state index is 0.107. The summed E-state index contributed by atoms with van der Waals surface area (Å²) >= 11 is 3.21. The van der Waals surface area contributed by atoms with E-state index in [0.29, 0.717) is 36.0 Å². The molecule has 0 unspecified atom stereocenters. The van der Waals surface area contributed by atoms with Gasteiger partial charge < -0.3 is 9.47 Å². The number of ether oxygens (including phenoxy) is 2. The molecule has 0 spiro atoms. The molecule has 0 fully saturated rings. The van der Waals surface area contributed by atoms with Gasteiger partial charge in [0.2, 0.25) is 0 Å². The SMILES string of the molecule is O=C(CSc1cccs1)c1ccc2c(c1)OCCO2. The Morgan fingerprint density at radius 1 is 1.21 bits per heavy atom. The first-order chi connectivity index (χ1) is 9.33. The van der Waals surface area contributed by atoms with Gasteiger partial charge in [0.05, 0.1) is 9.96 Å². The van der Waals surface area contributed by atoms with Gasteiger partial charge in [0.15, 0.2) is 17.3 Å². The van der Waals surface area contributed by atoms with Gasteiger partial charge in [-0.1, -0.05) is 6.07 Å². The van der Waals surface area contributed by atoms with Crippen LogP contribution in [0.1, 0.15) is 10.4 Å². The molecule has 19 heavy (non-hydrogen) atoms. The molecule has 0 amide bonds. The maximum absolute atomic E-state index is 12.1. The quantitative estimate of drug-likeness (QED) is 0.638. The molecule has 2 aromatic rings. The van der Waals surface area contributed by atoms with Gasteiger partial charge in [0, 0.05) is 5.56 Å². The van der Waals surface area contributed by atoms with Crippen LogP contribution in [-0.2, 0) is 0 Å². The second-order valence-corrected chi connectivity index (χ2v) is 6.23.